The smallest absolute Gasteiger partial charge is 0.191 e. The number of benzene rings is 2. The minimum absolute atomic E-state index is 0. The number of piperazine rings is 1. The van der Waals surface area contributed by atoms with Gasteiger partial charge in [0.15, 0.2) is 5.96 Å². The fraction of sp³-hybridized carbons (Fsp3) is 0.480. The lowest BCUT2D eigenvalue weighted by Gasteiger charge is -2.36. The molecule has 1 heterocycles. The number of halogens is 1. The number of nitrogens with zero attached hydrogens (tertiary/aromatic N) is 3. The zero-order chi connectivity index (χ0) is 21.7. The quantitative estimate of drug-likeness (QED) is 0.203. The number of hydrogen-bond acceptors (Lipinski definition) is 4. The molecule has 3 rings (SSSR count). The third-order valence-electron chi connectivity index (χ3n) is 5.63. The third kappa shape index (κ3) is 8.50. The predicted octanol–water partition coefficient (Wildman–Crippen LogP) is 3.97. The van der Waals surface area contributed by atoms with Crippen LogP contribution in [0, 0.1) is 0 Å². The van der Waals surface area contributed by atoms with Crippen LogP contribution in [-0.4, -0.2) is 63.8 Å². The molecule has 2 aromatic carbocycles. The van der Waals surface area contributed by atoms with Crippen LogP contribution in [0.3, 0.4) is 0 Å². The van der Waals surface area contributed by atoms with Crippen molar-refractivity contribution in [3.05, 3.63) is 60.2 Å². The first-order valence-corrected chi connectivity index (χ1v) is 11.5. The maximum atomic E-state index is 5.70. The second kappa shape index (κ2) is 14.9. The largest absolute Gasteiger partial charge is 0.494 e. The molecule has 1 saturated heterocycles. The molecule has 0 spiro atoms. The average molecular weight is 552 g/mol. The van der Waals surface area contributed by atoms with E-state index in [1.54, 1.807) is 0 Å². The van der Waals surface area contributed by atoms with Gasteiger partial charge < -0.3 is 20.3 Å². The number of rotatable bonds is 10. The number of guanidine groups is 1. The lowest BCUT2D eigenvalue weighted by molar-refractivity contribution is 0.253. The molecule has 0 unspecified atom stereocenters. The Morgan fingerprint density at radius 3 is 2.38 bits per heavy atom. The zero-order valence-electron chi connectivity index (χ0n) is 19.4. The molecule has 32 heavy (non-hydrogen) atoms. The summed E-state index contributed by atoms with van der Waals surface area (Å²) in [4.78, 5) is 9.41. The summed E-state index contributed by atoms with van der Waals surface area (Å²) in [5, 5.41) is 6.82. The van der Waals surface area contributed by atoms with Gasteiger partial charge in [-0.2, -0.15) is 0 Å². The van der Waals surface area contributed by atoms with Crippen molar-refractivity contribution in [3.63, 3.8) is 0 Å². The second-order valence-corrected chi connectivity index (χ2v) is 7.76. The van der Waals surface area contributed by atoms with Gasteiger partial charge in [-0.05, 0) is 44.5 Å². The SMILES string of the molecule is CCOc1ccccc1CNC(=NC)NCCCCN1CCN(c2ccccc2)CC1.I. The van der Waals surface area contributed by atoms with Crippen molar-refractivity contribution < 1.29 is 4.74 Å². The van der Waals surface area contributed by atoms with Gasteiger partial charge in [0.05, 0.1) is 6.61 Å². The van der Waals surface area contributed by atoms with Crippen molar-refractivity contribution in [2.24, 2.45) is 4.99 Å². The van der Waals surface area contributed by atoms with Crippen LogP contribution in [0.25, 0.3) is 0 Å². The van der Waals surface area contributed by atoms with E-state index >= 15 is 0 Å². The molecule has 0 aliphatic carbocycles. The van der Waals surface area contributed by atoms with E-state index in [1.165, 1.54) is 12.1 Å². The van der Waals surface area contributed by atoms with Gasteiger partial charge in [0, 0.05) is 57.6 Å². The molecule has 7 heteroatoms. The molecule has 6 nitrogen and oxygen atoms in total. The maximum Gasteiger partial charge on any atom is 0.191 e. The summed E-state index contributed by atoms with van der Waals surface area (Å²) in [6.07, 6.45) is 2.33. The van der Waals surface area contributed by atoms with E-state index in [0.717, 1.165) is 63.0 Å². The standard InChI is InChI=1S/C25H37N5O.HI/c1-3-31-24-14-8-7-11-22(24)21-28-25(26-2)27-15-9-10-16-29-17-19-30(20-18-29)23-12-5-4-6-13-23;/h4-8,11-14H,3,9-10,15-21H2,1-2H3,(H2,26,27,28);1H. The monoisotopic (exact) mass is 551 g/mol. The van der Waals surface area contributed by atoms with Gasteiger partial charge >= 0.3 is 0 Å². The molecule has 0 aromatic heterocycles. The van der Waals surface area contributed by atoms with Crippen LogP contribution in [0.15, 0.2) is 59.6 Å². The summed E-state index contributed by atoms with van der Waals surface area (Å²) in [7, 11) is 1.82. The Morgan fingerprint density at radius 2 is 1.66 bits per heavy atom. The Morgan fingerprint density at radius 1 is 0.938 bits per heavy atom. The normalized spacial score (nSPS) is 14.6. The van der Waals surface area contributed by atoms with Crippen molar-refractivity contribution in [2.45, 2.75) is 26.3 Å². The van der Waals surface area contributed by atoms with Gasteiger partial charge in [0.25, 0.3) is 0 Å². The lowest BCUT2D eigenvalue weighted by Crippen LogP contribution is -2.46. The van der Waals surface area contributed by atoms with E-state index in [4.69, 9.17) is 4.74 Å². The van der Waals surface area contributed by atoms with Crippen LogP contribution in [0.4, 0.5) is 5.69 Å². The average Bonchev–Trinajstić information content (AvgIpc) is 2.83. The third-order valence-corrected chi connectivity index (χ3v) is 5.63. The van der Waals surface area contributed by atoms with Crippen LogP contribution >= 0.6 is 24.0 Å². The van der Waals surface area contributed by atoms with E-state index in [1.807, 2.05) is 32.2 Å². The highest BCUT2D eigenvalue weighted by atomic mass is 127. The van der Waals surface area contributed by atoms with Gasteiger partial charge in [-0.3, -0.25) is 9.89 Å². The van der Waals surface area contributed by atoms with Crippen LogP contribution in [0.2, 0.25) is 0 Å². The first-order chi connectivity index (χ1) is 15.3. The summed E-state index contributed by atoms with van der Waals surface area (Å²) in [5.41, 5.74) is 2.48. The number of ether oxygens (including phenoxy) is 1. The Hall–Kier alpha value is -2.00. The Bertz CT molecular complexity index is 794. The molecule has 0 saturated carbocycles. The van der Waals surface area contributed by atoms with Crippen molar-refractivity contribution in [2.75, 3.05) is 57.8 Å². The van der Waals surface area contributed by atoms with E-state index < -0.39 is 0 Å². The highest BCUT2D eigenvalue weighted by molar-refractivity contribution is 14.0. The predicted molar refractivity (Wildman–Crippen MR) is 146 cm³/mol. The summed E-state index contributed by atoms with van der Waals surface area (Å²) in [6, 6.07) is 18.9. The summed E-state index contributed by atoms with van der Waals surface area (Å²) < 4.78 is 5.70. The van der Waals surface area contributed by atoms with Crippen molar-refractivity contribution in [1.29, 1.82) is 0 Å². The molecule has 2 aromatic rings. The number of anilines is 1. The number of unbranched alkanes of at least 4 members (excludes halogenated alkanes) is 1. The van der Waals surface area contributed by atoms with E-state index in [0.29, 0.717) is 13.2 Å². The van der Waals surface area contributed by atoms with Crippen LogP contribution < -0.4 is 20.3 Å². The summed E-state index contributed by atoms with van der Waals surface area (Å²) in [5.74, 6) is 1.77. The summed E-state index contributed by atoms with van der Waals surface area (Å²) >= 11 is 0. The van der Waals surface area contributed by atoms with Crippen LogP contribution in [-0.2, 0) is 6.54 Å². The number of nitrogens with one attached hydrogen (secondary N) is 2. The Balaban J connectivity index is 0.00000363. The molecule has 1 aliphatic rings. The van der Waals surface area contributed by atoms with Crippen LogP contribution in [0.1, 0.15) is 25.3 Å². The fourth-order valence-electron chi connectivity index (χ4n) is 3.88. The molecule has 176 valence electrons. The molecule has 1 aliphatic heterocycles. The first kappa shape index (κ1) is 26.3. The minimum Gasteiger partial charge on any atom is -0.494 e. The van der Waals surface area contributed by atoms with Crippen molar-refractivity contribution in [1.82, 2.24) is 15.5 Å². The second-order valence-electron chi connectivity index (χ2n) is 7.76. The van der Waals surface area contributed by atoms with Crippen molar-refractivity contribution >= 4 is 35.6 Å². The molecule has 0 amide bonds. The molecular weight excluding hydrogens is 513 g/mol. The van der Waals surface area contributed by atoms with Gasteiger partial charge in [-0.25, -0.2) is 0 Å². The molecule has 0 radical (unpaired) electrons. The van der Waals surface area contributed by atoms with Gasteiger partial charge in [-0.1, -0.05) is 36.4 Å². The van der Waals surface area contributed by atoms with E-state index in [-0.39, 0.29) is 24.0 Å². The fourth-order valence-corrected chi connectivity index (χ4v) is 3.88. The topological polar surface area (TPSA) is 52.1 Å². The molecular formula is C25H38IN5O. The lowest BCUT2D eigenvalue weighted by atomic mass is 10.2. The first-order valence-electron chi connectivity index (χ1n) is 11.5. The molecule has 2 N–H and O–H groups in total. The van der Waals surface area contributed by atoms with Gasteiger partial charge in [0.1, 0.15) is 5.75 Å². The Labute approximate surface area is 210 Å². The van der Waals surface area contributed by atoms with Gasteiger partial charge in [0.2, 0.25) is 0 Å². The van der Waals surface area contributed by atoms with E-state index in [9.17, 15) is 0 Å². The number of hydrogen-bond donors (Lipinski definition) is 2. The zero-order valence-corrected chi connectivity index (χ0v) is 21.8. The highest BCUT2D eigenvalue weighted by Crippen LogP contribution is 2.17. The van der Waals surface area contributed by atoms with Crippen LogP contribution in [0.5, 0.6) is 5.75 Å². The van der Waals surface area contributed by atoms with E-state index in [2.05, 4.69) is 61.8 Å². The number of aliphatic imine (C=N–C) groups is 1. The maximum absolute atomic E-state index is 5.70. The van der Waals surface area contributed by atoms with Gasteiger partial charge in [-0.15, -0.1) is 24.0 Å². The molecule has 0 atom stereocenters. The molecule has 1 fully saturated rings. The highest BCUT2D eigenvalue weighted by Gasteiger charge is 2.16. The summed E-state index contributed by atoms with van der Waals surface area (Å²) in [6.45, 7) is 9.98. The minimum atomic E-state index is 0. The molecule has 0 bridgehead atoms. The number of para-hydroxylation sites is 2. The van der Waals surface area contributed by atoms with Crippen molar-refractivity contribution in [3.8, 4) is 5.75 Å². The Kier molecular flexibility index (Phi) is 12.3.